The van der Waals surface area contributed by atoms with Crippen molar-refractivity contribution in [1.82, 2.24) is 0 Å². The molecule has 0 aliphatic rings. The van der Waals surface area contributed by atoms with Crippen LogP contribution in [0, 0.1) is 5.82 Å². The molecule has 3 N–H and O–H groups in total. The summed E-state index contributed by atoms with van der Waals surface area (Å²) in [6.07, 6.45) is 0. The third-order valence-electron chi connectivity index (χ3n) is 2.36. The van der Waals surface area contributed by atoms with Crippen LogP contribution in [0.1, 0.15) is 10.4 Å². The number of para-hydroxylation sites is 1. The first-order valence-electron chi connectivity index (χ1n) is 5.19. The molecule has 18 heavy (non-hydrogen) atoms. The van der Waals surface area contributed by atoms with E-state index in [-0.39, 0.29) is 16.3 Å². The molecule has 0 unspecified atom stereocenters. The van der Waals surface area contributed by atoms with E-state index in [4.69, 9.17) is 17.3 Å². The molecule has 0 bridgehead atoms. The first kappa shape index (κ1) is 12.4. The first-order chi connectivity index (χ1) is 8.58. The Balaban J connectivity index is 2.28. The van der Waals surface area contributed by atoms with Crippen molar-refractivity contribution in [3.05, 3.63) is 58.9 Å². The quantitative estimate of drug-likeness (QED) is 0.818. The third kappa shape index (κ3) is 2.60. The lowest BCUT2D eigenvalue weighted by Crippen LogP contribution is -2.13. The maximum Gasteiger partial charge on any atom is 0.257 e. The Morgan fingerprint density at radius 2 is 1.94 bits per heavy atom. The number of anilines is 2. The summed E-state index contributed by atoms with van der Waals surface area (Å²) in [7, 11) is 0. The number of nitrogen functional groups attached to an aromatic ring is 1. The van der Waals surface area contributed by atoms with Crippen molar-refractivity contribution in [3.63, 3.8) is 0 Å². The molecule has 0 aromatic heterocycles. The van der Waals surface area contributed by atoms with E-state index in [2.05, 4.69) is 5.32 Å². The summed E-state index contributed by atoms with van der Waals surface area (Å²) in [6, 6.07) is 10.4. The summed E-state index contributed by atoms with van der Waals surface area (Å²) < 4.78 is 13.4. The zero-order valence-electron chi connectivity index (χ0n) is 9.28. The molecular formula is C13H10ClFN2O. The molecule has 0 spiro atoms. The van der Waals surface area contributed by atoms with Crippen molar-refractivity contribution in [1.29, 1.82) is 0 Å². The number of nitrogens with one attached hydrogen (secondary N) is 1. The molecular weight excluding hydrogens is 255 g/mol. The number of amides is 1. The predicted molar refractivity (Wildman–Crippen MR) is 70.2 cm³/mol. The van der Waals surface area contributed by atoms with Gasteiger partial charge in [-0.3, -0.25) is 4.79 Å². The van der Waals surface area contributed by atoms with Gasteiger partial charge in [-0.05, 0) is 30.3 Å². The molecule has 0 fully saturated rings. The fourth-order valence-corrected chi connectivity index (χ4v) is 1.67. The average molecular weight is 265 g/mol. The number of benzene rings is 2. The second kappa shape index (κ2) is 5.06. The maximum absolute atomic E-state index is 13.4. The van der Waals surface area contributed by atoms with Gasteiger partial charge in [0.2, 0.25) is 0 Å². The third-order valence-corrected chi connectivity index (χ3v) is 2.69. The molecule has 3 nitrogen and oxygen atoms in total. The van der Waals surface area contributed by atoms with Crippen LogP contribution in [0.2, 0.25) is 5.02 Å². The molecule has 1 amide bonds. The van der Waals surface area contributed by atoms with Gasteiger partial charge in [-0.2, -0.15) is 0 Å². The summed E-state index contributed by atoms with van der Waals surface area (Å²) in [5, 5.41) is 2.70. The Morgan fingerprint density at radius 1 is 1.22 bits per heavy atom. The number of halogens is 2. The highest BCUT2D eigenvalue weighted by Crippen LogP contribution is 2.21. The Bertz CT molecular complexity index is 601. The van der Waals surface area contributed by atoms with Crippen LogP contribution < -0.4 is 11.1 Å². The molecule has 0 heterocycles. The highest BCUT2D eigenvalue weighted by Gasteiger charge is 2.12. The molecule has 2 rings (SSSR count). The highest BCUT2D eigenvalue weighted by atomic mass is 35.5. The zero-order chi connectivity index (χ0) is 13.1. The van der Waals surface area contributed by atoms with Crippen molar-refractivity contribution in [2.75, 3.05) is 11.1 Å². The summed E-state index contributed by atoms with van der Waals surface area (Å²) in [5.41, 5.74) is 6.30. The van der Waals surface area contributed by atoms with Gasteiger partial charge in [0.15, 0.2) is 0 Å². The molecule has 0 aliphatic carbocycles. The molecule has 0 aliphatic heterocycles. The van der Waals surface area contributed by atoms with Gasteiger partial charge in [0, 0.05) is 5.69 Å². The molecule has 2 aromatic carbocycles. The standard InChI is InChI=1S/C13H10ClFN2O/c14-10-6-5-8(16)7-9(10)13(18)17-12-4-2-1-3-11(12)15/h1-7H,16H2,(H,17,18). The van der Waals surface area contributed by atoms with Crippen molar-refractivity contribution in [2.45, 2.75) is 0 Å². The molecule has 5 heteroatoms. The van der Waals surface area contributed by atoms with E-state index in [0.717, 1.165) is 0 Å². The second-order valence-electron chi connectivity index (χ2n) is 3.67. The number of carbonyl (C=O) groups excluding carboxylic acids is 1. The van der Waals surface area contributed by atoms with E-state index in [0.29, 0.717) is 5.69 Å². The lowest BCUT2D eigenvalue weighted by atomic mass is 10.2. The number of hydrogen-bond acceptors (Lipinski definition) is 2. The largest absolute Gasteiger partial charge is 0.399 e. The van der Waals surface area contributed by atoms with E-state index < -0.39 is 11.7 Å². The van der Waals surface area contributed by atoms with E-state index in [1.54, 1.807) is 18.2 Å². The van der Waals surface area contributed by atoms with Gasteiger partial charge in [0.1, 0.15) is 5.82 Å². The summed E-state index contributed by atoms with van der Waals surface area (Å²) in [4.78, 5) is 11.9. The van der Waals surface area contributed by atoms with Gasteiger partial charge in [-0.15, -0.1) is 0 Å². The Hall–Kier alpha value is -2.07. The van der Waals surface area contributed by atoms with Crippen molar-refractivity contribution < 1.29 is 9.18 Å². The molecule has 2 aromatic rings. The Labute approximate surface area is 108 Å². The molecule has 0 saturated carbocycles. The normalized spacial score (nSPS) is 10.1. The van der Waals surface area contributed by atoms with E-state index >= 15 is 0 Å². The number of hydrogen-bond donors (Lipinski definition) is 2. The lowest BCUT2D eigenvalue weighted by Gasteiger charge is -2.08. The van der Waals surface area contributed by atoms with Crippen molar-refractivity contribution in [2.24, 2.45) is 0 Å². The molecule has 0 atom stereocenters. The fraction of sp³-hybridized carbons (Fsp3) is 0. The van der Waals surface area contributed by atoms with Crippen LogP contribution in [-0.4, -0.2) is 5.91 Å². The minimum atomic E-state index is -0.508. The van der Waals surface area contributed by atoms with Crippen LogP contribution in [0.25, 0.3) is 0 Å². The predicted octanol–water partition coefficient (Wildman–Crippen LogP) is 3.31. The summed E-state index contributed by atoms with van der Waals surface area (Å²) in [5.74, 6) is -1.01. The van der Waals surface area contributed by atoms with Crippen molar-refractivity contribution in [3.8, 4) is 0 Å². The Kier molecular flexibility index (Phi) is 3.48. The summed E-state index contributed by atoms with van der Waals surface area (Å²) in [6.45, 7) is 0. The van der Waals surface area contributed by atoms with Gasteiger partial charge >= 0.3 is 0 Å². The van der Waals surface area contributed by atoms with Gasteiger partial charge in [0.25, 0.3) is 5.91 Å². The summed E-state index contributed by atoms with van der Waals surface area (Å²) >= 11 is 5.89. The van der Waals surface area contributed by atoms with Crippen LogP contribution in [0.15, 0.2) is 42.5 Å². The monoisotopic (exact) mass is 264 g/mol. The number of carbonyl (C=O) groups is 1. The van der Waals surface area contributed by atoms with E-state index in [1.165, 1.54) is 24.3 Å². The van der Waals surface area contributed by atoms with Crippen LogP contribution in [0.5, 0.6) is 0 Å². The van der Waals surface area contributed by atoms with E-state index in [1.807, 2.05) is 0 Å². The second-order valence-corrected chi connectivity index (χ2v) is 4.08. The van der Waals surface area contributed by atoms with Crippen LogP contribution in [-0.2, 0) is 0 Å². The smallest absolute Gasteiger partial charge is 0.257 e. The zero-order valence-corrected chi connectivity index (χ0v) is 10.0. The molecule has 92 valence electrons. The first-order valence-corrected chi connectivity index (χ1v) is 5.56. The SMILES string of the molecule is Nc1ccc(Cl)c(C(=O)Nc2ccccc2F)c1. The number of nitrogens with two attached hydrogens (primary N) is 1. The van der Waals surface area contributed by atoms with Gasteiger partial charge < -0.3 is 11.1 Å². The van der Waals surface area contributed by atoms with Crippen molar-refractivity contribution >= 4 is 28.9 Å². The van der Waals surface area contributed by atoms with Crippen LogP contribution in [0.4, 0.5) is 15.8 Å². The van der Waals surface area contributed by atoms with E-state index in [9.17, 15) is 9.18 Å². The van der Waals surface area contributed by atoms with Gasteiger partial charge in [-0.25, -0.2) is 4.39 Å². The average Bonchev–Trinajstić information content (AvgIpc) is 2.35. The van der Waals surface area contributed by atoms with Crippen LogP contribution in [0.3, 0.4) is 0 Å². The fourth-order valence-electron chi connectivity index (χ4n) is 1.47. The minimum absolute atomic E-state index is 0.0981. The van der Waals surface area contributed by atoms with Crippen LogP contribution >= 0.6 is 11.6 Å². The minimum Gasteiger partial charge on any atom is -0.399 e. The maximum atomic E-state index is 13.4. The van der Waals surface area contributed by atoms with Gasteiger partial charge in [-0.1, -0.05) is 23.7 Å². The lowest BCUT2D eigenvalue weighted by molar-refractivity contribution is 0.102. The molecule has 0 radical (unpaired) electrons. The molecule has 0 saturated heterocycles. The van der Waals surface area contributed by atoms with Gasteiger partial charge in [0.05, 0.1) is 16.3 Å². The Morgan fingerprint density at radius 3 is 2.67 bits per heavy atom. The number of rotatable bonds is 2. The topological polar surface area (TPSA) is 55.1 Å². The highest BCUT2D eigenvalue weighted by molar-refractivity contribution is 6.34.